The van der Waals surface area contributed by atoms with Gasteiger partial charge in [-0.2, -0.15) is 5.10 Å². The van der Waals surface area contributed by atoms with Crippen LogP contribution in [0.5, 0.6) is 11.5 Å². The quantitative estimate of drug-likeness (QED) is 0.407. The number of aryl methyl sites for hydroxylation is 1. The summed E-state index contributed by atoms with van der Waals surface area (Å²) in [5.74, 6) is -0.284. The lowest BCUT2D eigenvalue weighted by Crippen LogP contribution is -2.41. The fourth-order valence-electron chi connectivity index (χ4n) is 3.26. The molecule has 0 spiro atoms. The number of carboxylic acids is 1. The van der Waals surface area contributed by atoms with Gasteiger partial charge in [0.25, 0.3) is 0 Å². The maximum atomic E-state index is 12.6. The number of anilines is 1. The number of ether oxygens (including phenoxy) is 2. The molecule has 2 aromatic carbocycles. The first-order valence-electron chi connectivity index (χ1n) is 10.5. The van der Waals surface area contributed by atoms with Crippen molar-refractivity contribution in [3.05, 3.63) is 53.6 Å². The van der Waals surface area contributed by atoms with Crippen molar-refractivity contribution in [2.75, 3.05) is 12.1 Å². The molecule has 0 saturated carbocycles. The lowest BCUT2D eigenvalue weighted by atomic mass is 10.1. The molecule has 0 aliphatic carbocycles. The van der Waals surface area contributed by atoms with Crippen molar-refractivity contribution in [2.45, 2.75) is 31.4 Å². The average Bonchev–Trinajstić information content (AvgIpc) is 3.29. The van der Waals surface area contributed by atoms with Crippen molar-refractivity contribution in [1.82, 2.24) is 5.32 Å². The maximum absolute atomic E-state index is 12.6. The van der Waals surface area contributed by atoms with Gasteiger partial charge in [0, 0.05) is 17.8 Å². The highest BCUT2D eigenvalue weighted by Crippen LogP contribution is 2.32. The molecule has 1 fully saturated rings. The van der Waals surface area contributed by atoms with Crippen LogP contribution in [-0.4, -0.2) is 45.8 Å². The summed E-state index contributed by atoms with van der Waals surface area (Å²) in [5.41, 5.74) is 2.41. The Bertz CT molecular complexity index is 1180. The molecule has 2 aliphatic heterocycles. The van der Waals surface area contributed by atoms with Crippen LogP contribution in [0.2, 0.25) is 0 Å². The van der Waals surface area contributed by atoms with E-state index in [1.807, 2.05) is 25.1 Å². The molecule has 2 heterocycles. The first-order valence-corrected chi connectivity index (χ1v) is 11.4. The van der Waals surface area contributed by atoms with E-state index in [4.69, 9.17) is 14.6 Å². The van der Waals surface area contributed by atoms with E-state index >= 15 is 0 Å². The molecule has 1 atom stereocenters. The molecule has 176 valence electrons. The molecule has 10 nitrogen and oxygen atoms in total. The summed E-state index contributed by atoms with van der Waals surface area (Å²) in [6.45, 7) is 2.08. The number of nitrogens with one attached hydrogen (secondary N) is 2. The second-order valence-corrected chi connectivity index (χ2v) is 8.85. The number of thioether (sulfide) groups is 1. The minimum absolute atomic E-state index is 0.00442. The van der Waals surface area contributed by atoms with E-state index in [0.717, 1.165) is 41.0 Å². The van der Waals surface area contributed by atoms with Gasteiger partial charge in [0.2, 0.25) is 18.6 Å². The first-order chi connectivity index (χ1) is 16.4. The number of nitrogens with zero attached hydrogens (tertiary/aromatic N) is 2. The summed E-state index contributed by atoms with van der Waals surface area (Å²) in [6, 6.07) is 11.6. The molecule has 0 bridgehead atoms. The number of carbonyl (C=O) groups excluding carboxylic acids is 2. The minimum atomic E-state index is -1.05. The van der Waals surface area contributed by atoms with E-state index in [1.165, 1.54) is 24.3 Å². The number of amides is 2. The van der Waals surface area contributed by atoms with Crippen LogP contribution >= 0.6 is 11.8 Å². The number of aromatic carboxylic acids is 1. The van der Waals surface area contributed by atoms with E-state index < -0.39 is 11.2 Å². The second kappa shape index (κ2) is 10.4. The van der Waals surface area contributed by atoms with Gasteiger partial charge in [-0.1, -0.05) is 17.8 Å². The normalized spacial score (nSPS) is 18.5. The topological polar surface area (TPSA) is 139 Å². The highest BCUT2D eigenvalue weighted by atomic mass is 32.2. The van der Waals surface area contributed by atoms with E-state index in [9.17, 15) is 14.4 Å². The van der Waals surface area contributed by atoms with Crippen LogP contribution in [0.4, 0.5) is 5.69 Å². The number of rotatable bonds is 7. The monoisotopic (exact) mass is 482 g/mol. The zero-order chi connectivity index (χ0) is 24.1. The van der Waals surface area contributed by atoms with Gasteiger partial charge in [-0.05, 0) is 61.7 Å². The Morgan fingerprint density at radius 2 is 1.94 bits per heavy atom. The number of benzene rings is 2. The van der Waals surface area contributed by atoms with Crippen molar-refractivity contribution in [3.8, 4) is 11.5 Å². The number of hydrogen-bond donors (Lipinski definition) is 3. The molecule has 1 saturated heterocycles. The van der Waals surface area contributed by atoms with Gasteiger partial charge in [-0.3, -0.25) is 9.59 Å². The van der Waals surface area contributed by atoms with E-state index in [1.54, 1.807) is 0 Å². The van der Waals surface area contributed by atoms with Crippen LogP contribution in [0, 0.1) is 0 Å². The van der Waals surface area contributed by atoms with E-state index in [0.29, 0.717) is 12.1 Å². The number of carboxylic acid groups (broad SMARTS) is 1. The Morgan fingerprint density at radius 1 is 1.18 bits per heavy atom. The zero-order valence-electron chi connectivity index (χ0n) is 18.2. The van der Waals surface area contributed by atoms with Gasteiger partial charge in [-0.25, -0.2) is 4.79 Å². The van der Waals surface area contributed by atoms with Crippen molar-refractivity contribution in [1.29, 1.82) is 0 Å². The third kappa shape index (κ3) is 5.93. The Kier molecular flexibility index (Phi) is 7.12. The predicted molar refractivity (Wildman–Crippen MR) is 128 cm³/mol. The highest BCUT2D eigenvalue weighted by molar-refractivity contribution is 8.15. The molecular formula is C23H22N4O6S. The molecule has 0 radical (unpaired) electrons. The van der Waals surface area contributed by atoms with Crippen molar-refractivity contribution < 1.29 is 29.0 Å². The largest absolute Gasteiger partial charge is 0.478 e. The van der Waals surface area contributed by atoms with Gasteiger partial charge in [-0.15, -0.1) is 5.10 Å². The molecule has 3 N–H and O–H groups in total. The van der Waals surface area contributed by atoms with Crippen LogP contribution in [-0.2, 0) is 16.0 Å². The summed E-state index contributed by atoms with van der Waals surface area (Å²) < 4.78 is 10.7. The van der Waals surface area contributed by atoms with Crippen LogP contribution in [0.15, 0.2) is 52.7 Å². The molecule has 34 heavy (non-hydrogen) atoms. The Balaban J connectivity index is 1.33. The molecule has 2 aromatic rings. The van der Waals surface area contributed by atoms with Crippen molar-refractivity contribution in [2.24, 2.45) is 10.2 Å². The number of carbonyl (C=O) groups is 3. The predicted octanol–water partition coefficient (Wildman–Crippen LogP) is 3.04. The number of fused-ring (bicyclic) bond motifs is 1. The first kappa shape index (κ1) is 23.3. The second-order valence-electron chi connectivity index (χ2n) is 7.66. The fraction of sp³-hybridized carbons (Fsp3) is 0.261. The van der Waals surface area contributed by atoms with Gasteiger partial charge in [0.05, 0.1) is 5.56 Å². The standard InChI is InChI=1S/C23H22N4O6S/c1-13(2-3-14-4-9-17-18(10-14)33-12-32-17)26-27-23-25-20(28)11-19(34-23)21(29)24-16-7-5-15(6-8-16)22(30)31/h4-10,19H,2-3,11-12H2,1H3,(H,24,29)(H,30,31)(H,25,27,28)/b26-13-/t19-/m0/s1. The summed E-state index contributed by atoms with van der Waals surface area (Å²) in [7, 11) is 0. The van der Waals surface area contributed by atoms with Crippen LogP contribution in [0.1, 0.15) is 35.7 Å². The Labute approximate surface area is 199 Å². The minimum Gasteiger partial charge on any atom is -0.478 e. The third-order valence-electron chi connectivity index (χ3n) is 5.09. The summed E-state index contributed by atoms with van der Waals surface area (Å²) in [5, 5.41) is 22.2. The zero-order valence-corrected chi connectivity index (χ0v) is 19.1. The molecule has 2 amide bonds. The SMILES string of the molecule is C/C(CCc1ccc2c(c1)OCO2)=N/N=C1/NC(=O)C[C@@H](C(=O)Nc2ccc(C(=O)O)cc2)S1. The molecule has 2 aliphatic rings. The third-order valence-corrected chi connectivity index (χ3v) is 6.16. The molecular weight excluding hydrogens is 460 g/mol. The number of hydrogen-bond acceptors (Lipinski definition) is 8. The highest BCUT2D eigenvalue weighted by Gasteiger charge is 2.30. The molecule has 0 aromatic heterocycles. The van der Waals surface area contributed by atoms with Crippen LogP contribution < -0.4 is 20.1 Å². The molecule has 11 heteroatoms. The van der Waals surface area contributed by atoms with Crippen molar-refractivity contribution >= 4 is 46.1 Å². The molecule has 4 rings (SSSR count). The van der Waals surface area contributed by atoms with Gasteiger partial charge >= 0.3 is 5.97 Å². The maximum Gasteiger partial charge on any atom is 0.335 e. The van der Waals surface area contributed by atoms with Crippen molar-refractivity contribution in [3.63, 3.8) is 0 Å². The van der Waals surface area contributed by atoms with Gasteiger partial charge in [0.1, 0.15) is 5.25 Å². The van der Waals surface area contributed by atoms with Crippen LogP contribution in [0.25, 0.3) is 0 Å². The van der Waals surface area contributed by atoms with Gasteiger partial charge in [0.15, 0.2) is 16.7 Å². The Hall–Kier alpha value is -3.86. The van der Waals surface area contributed by atoms with E-state index in [2.05, 4.69) is 20.8 Å². The lowest BCUT2D eigenvalue weighted by molar-refractivity contribution is -0.123. The summed E-state index contributed by atoms with van der Waals surface area (Å²) >= 11 is 1.11. The lowest BCUT2D eigenvalue weighted by Gasteiger charge is -2.21. The smallest absolute Gasteiger partial charge is 0.335 e. The summed E-state index contributed by atoms with van der Waals surface area (Å²) in [4.78, 5) is 35.7. The summed E-state index contributed by atoms with van der Waals surface area (Å²) in [6.07, 6.45) is 1.39. The Morgan fingerprint density at radius 3 is 2.71 bits per heavy atom. The van der Waals surface area contributed by atoms with E-state index in [-0.39, 0.29) is 35.8 Å². The fourth-order valence-corrected chi connectivity index (χ4v) is 4.19. The molecule has 0 unspecified atom stereocenters. The van der Waals surface area contributed by atoms with Gasteiger partial charge < -0.3 is 25.2 Å². The average molecular weight is 483 g/mol. The van der Waals surface area contributed by atoms with Crippen LogP contribution in [0.3, 0.4) is 0 Å². The number of amidine groups is 1.